The molecule has 1 amide bonds. The number of halogens is 1. The maximum Gasteiger partial charge on any atom is 0.409 e. The Kier molecular flexibility index (Phi) is 4.55. The first-order chi connectivity index (χ1) is 11.9. The first-order valence-electron chi connectivity index (χ1n) is 7.66. The number of carbonyl (C=O) groups is 1. The third-order valence-electron chi connectivity index (χ3n) is 3.99. The summed E-state index contributed by atoms with van der Waals surface area (Å²) in [6, 6.07) is 13.8. The van der Waals surface area contributed by atoms with Crippen LogP contribution >= 0.6 is 11.3 Å². The average Bonchev–Trinajstić information content (AvgIpc) is 3.08. The summed E-state index contributed by atoms with van der Waals surface area (Å²) in [5.41, 5.74) is 6.74. The van der Waals surface area contributed by atoms with Crippen LogP contribution < -0.4 is 10.5 Å². The third-order valence-corrected chi connectivity index (χ3v) is 4.88. The maximum atomic E-state index is 13.8. The van der Waals surface area contributed by atoms with Gasteiger partial charge >= 0.3 is 6.09 Å². The second-order valence-electron chi connectivity index (χ2n) is 6.09. The van der Waals surface area contributed by atoms with Crippen LogP contribution in [-0.2, 0) is 5.41 Å². The van der Waals surface area contributed by atoms with Crippen LogP contribution in [0.1, 0.15) is 25.1 Å². The number of aromatic nitrogens is 1. The molecule has 1 aromatic heterocycles. The lowest BCUT2D eigenvalue weighted by Gasteiger charge is -2.25. The zero-order valence-corrected chi connectivity index (χ0v) is 14.6. The van der Waals surface area contributed by atoms with E-state index in [1.807, 2.05) is 49.6 Å². The van der Waals surface area contributed by atoms with E-state index < -0.39 is 17.3 Å². The number of amides is 1. The topological polar surface area (TPSA) is 65.2 Å². The molecule has 0 saturated heterocycles. The molecule has 2 N–H and O–H groups in total. The molecular weight excluding hydrogens is 339 g/mol. The van der Waals surface area contributed by atoms with E-state index in [0.717, 1.165) is 16.3 Å². The monoisotopic (exact) mass is 356 g/mol. The molecule has 1 heterocycles. The molecule has 0 atom stereocenters. The van der Waals surface area contributed by atoms with Crippen molar-refractivity contribution in [3.05, 3.63) is 71.0 Å². The van der Waals surface area contributed by atoms with E-state index in [0.29, 0.717) is 5.56 Å². The Morgan fingerprint density at radius 3 is 2.60 bits per heavy atom. The lowest BCUT2D eigenvalue weighted by atomic mass is 9.81. The third kappa shape index (κ3) is 3.53. The van der Waals surface area contributed by atoms with Crippen LogP contribution in [0.25, 0.3) is 10.6 Å². The summed E-state index contributed by atoms with van der Waals surface area (Å²) in [5, 5.41) is 2.80. The Morgan fingerprint density at radius 2 is 1.92 bits per heavy atom. The van der Waals surface area contributed by atoms with Crippen LogP contribution in [0, 0.1) is 5.82 Å². The van der Waals surface area contributed by atoms with E-state index in [4.69, 9.17) is 15.5 Å². The number of primary amides is 1. The molecule has 0 fully saturated rings. The zero-order chi connectivity index (χ0) is 18.0. The van der Waals surface area contributed by atoms with Crippen LogP contribution in [0.4, 0.5) is 9.18 Å². The largest absolute Gasteiger partial charge is 0.410 e. The number of thiazole rings is 1. The van der Waals surface area contributed by atoms with Crippen molar-refractivity contribution >= 4 is 17.4 Å². The van der Waals surface area contributed by atoms with Crippen molar-refractivity contribution in [2.24, 2.45) is 5.73 Å². The van der Waals surface area contributed by atoms with E-state index in [2.05, 4.69) is 0 Å². The van der Waals surface area contributed by atoms with E-state index >= 15 is 0 Å². The highest BCUT2D eigenvalue weighted by Gasteiger charge is 2.30. The van der Waals surface area contributed by atoms with Gasteiger partial charge in [0.25, 0.3) is 0 Å². The highest BCUT2D eigenvalue weighted by molar-refractivity contribution is 7.13. The molecule has 2 aromatic carbocycles. The van der Waals surface area contributed by atoms with Gasteiger partial charge in [0.05, 0.1) is 5.69 Å². The molecule has 4 nitrogen and oxygen atoms in total. The predicted octanol–water partition coefficient (Wildman–Crippen LogP) is 4.73. The van der Waals surface area contributed by atoms with E-state index in [-0.39, 0.29) is 5.75 Å². The quantitative estimate of drug-likeness (QED) is 0.735. The van der Waals surface area contributed by atoms with Crippen molar-refractivity contribution in [2.75, 3.05) is 0 Å². The number of ether oxygens (including phenoxy) is 1. The molecule has 0 bridgehead atoms. The Morgan fingerprint density at radius 1 is 1.20 bits per heavy atom. The van der Waals surface area contributed by atoms with Crippen LogP contribution in [0.15, 0.2) is 53.9 Å². The summed E-state index contributed by atoms with van der Waals surface area (Å²) in [6.07, 6.45) is -0.938. The van der Waals surface area contributed by atoms with Gasteiger partial charge in [0, 0.05) is 21.9 Å². The lowest BCUT2D eigenvalue weighted by Crippen LogP contribution is -2.24. The summed E-state index contributed by atoms with van der Waals surface area (Å²) in [5.74, 6) is -0.188. The number of nitrogens with zero attached hydrogens (tertiary/aromatic N) is 1. The van der Waals surface area contributed by atoms with Gasteiger partial charge in [0.2, 0.25) is 0 Å². The van der Waals surface area contributed by atoms with E-state index in [1.165, 1.54) is 29.5 Å². The van der Waals surface area contributed by atoms with Gasteiger partial charge in [-0.1, -0.05) is 30.3 Å². The van der Waals surface area contributed by atoms with Crippen molar-refractivity contribution in [3.8, 4) is 16.3 Å². The average molecular weight is 356 g/mol. The molecule has 0 radical (unpaired) electrons. The summed E-state index contributed by atoms with van der Waals surface area (Å²) in [4.78, 5) is 15.9. The SMILES string of the molecule is CC(C)(c1csc(-c2ccccc2)n1)c1cc(F)ccc1OC(N)=O. The number of benzene rings is 2. The molecule has 0 aliphatic rings. The maximum absolute atomic E-state index is 13.8. The number of nitrogens with two attached hydrogens (primary N) is 1. The second-order valence-corrected chi connectivity index (χ2v) is 6.95. The molecule has 0 unspecified atom stereocenters. The normalized spacial score (nSPS) is 11.3. The molecule has 0 aliphatic carbocycles. The van der Waals surface area contributed by atoms with E-state index in [1.54, 1.807) is 0 Å². The Bertz CT molecular complexity index is 907. The van der Waals surface area contributed by atoms with Gasteiger partial charge in [0.1, 0.15) is 16.6 Å². The van der Waals surface area contributed by atoms with Crippen LogP contribution in [0.2, 0.25) is 0 Å². The Hall–Kier alpha value is -2.73. The van der Waals surface area contributed by atoms with Crippen LogP contribution in [0.3, 0.4) is 0 Å². The summed E-state index contributed by atoms with van der Waals surface area (Å²) >= 11 is 1.51. The van der Waals surface area contributed by atoms with Gasteiger partial charge in [-0.15, -0.1) is 11.3 Å². The van der Waals surface area contributed by atoms with E-state index in [9.17, 15) is 9.18 Å². The minimum absolute atomic E-state index is 0.230. The lowest BCUT2D eigenvalue weighted by molar-refractivity contribution is 0.210. The summed E-state index contributed by atoms with van der Waals surface area (Å²) < 4.78 is 18.9. The first-order valence-corrected chi connectivity index (χ1v) is 8.54. The number of hydrogen-bond acceptors (Lipinski definition) is 4. The summed E-state index contributed by atoms with van der Waals surface area (Å²) in [7, 11) is 0. The minimum Gasteiger partial charge on any atom is -0.410 e. The minimum atomic E-state index is -0.938. The fraction of sp³-hybridized carbons (Fsp3) is 0.158. The fourth-order valence-corrected chi connectivity index (χ4v) is 3.59. The zero-order valence-electron chi connectivity index (χ0n) is 13.8. The van der Waals surface area contributed by atoms with Crippen molar-refractivity contribution < 1.29 is 13.9 Å². The Labute approximate surface area is 149 Å². The molecule has 0 aliphatic heterocycles. The number of rotatable bonds is 4. The Balaban J connectivity index is 2.04. The number of hydrogen-bond donors (Lipinski definition) is 1. The highest BCUT2D eigenvalue weighted by Crippen LogP contribution is 2.39. The fourth-order valence-electron chi connectivity index (χ4n) is 2.60. The second kappa shape index (κ2) is 6.64. The molecule has 3 rings (SSSR count). The van der Waals surface area contributed by atoms with Crippen LogP contribution in [0.5, 0.6) is 5.75 Å². The molecule has 6 heteroatoms. The summed E-state index contributed by atoms with van der Waals surface area (Å²) in [6.45, 7) is 3.80. The molecule has 3 aromatic rings. The molecule has 0 spiro atoms. The van der Waals surface area contributed by atoms with Gasteiger partial charge in [-0.3, -0.25) is 0 Å². The molecule has 0 saturated carbocycles. The molecule has 25 heavy (non-hydrogen) atoms. The molecular formula is C19H17FN2O2S. The standard InChI is InChI=1S/C19H17FN2O2S/c1-19(2,14-10-13(20)8-9-15(14)24-18(21)23)16-11-25-17(22-16)12-6-4-3-5-7-12/h3-11H,1-2H3,(H2,21,23). The predicted molar refractivity (Wildman–Crippen MR) is 96.3 cm³/mol. The highest BCUT2D eigenvalue weighted by atomic mass is 32.1. The van der Waals surface area contributed by atoms with Gasteiger partial charge in [-0.2, -0.15) is 0 Å². The van der Waals surface area contributed by atoms with Crippen molar-refractivity contribution in [1.29, 1.82) is 0 Å². The van der Waals surface area contributed by atoms with Crippen molar-refractivity contribution in [1.82, 2.24) is 4.98 Å². The number of carbonyl (C=O) groups excluding carboxylic acids is 1. The van der Waals surface area contributed by atoms with Crippen molar-refractivity contribution in [3.63, 3.8) is 0 Å². The van der Waals surface area contributed by atoms with Gasteiger partial charge in [0.15, 0.2) is 0 Å². The first kappa shape index (κ1) is 17.1. The van der Waals surface area contributed by atoms with Gasteiger partial charge < -0.3 is 10.5 Å². The van der Waals surface area contributed by atoms with Gasteiger partial charge in [-0.25, -0.2) is 14.2 Å². The van der Waals surface area contributed by atoms with Crippen molar-refractivity contribution in [2.45, 2.75) is 19.3 Å². The van der Waals surface area contributed by atoms with Gasteiger partial charge in [-0.05, 0) is 32.0 Å². The smallest absolute Gasteiger partial charge is 0.409 e. The van der Waals surface area contributed by atoms with Crippen LogP contribution in [-0.4, -0.2) is 11.1 Å². The molecule has 128 valence electrons.